The summed E-state index contributed by atoms with van der Waals surface area (Å²) in [6.45, 7) is 3.84. The molecule has 0 aliphatic heterocycles. The quantitative estimate of drug-likeness (QED) is 0.711. The van der Waals surface area contributed by atoms with Crippen molar-refractivity contribution in [3.05, 3.63) is 59.7 Å². The van der Waals surface area contributed by atoms with Gasteiger partial charge in [0.25, 0.3) is 5.91 Å². The number of nitrogens with one attached hydrogen (secondary N) is 2. The molecule has 0 aliphatic rings. The first-order valence-electron chi connectivity index (χ1n) is 7.57. The van der Waals surface area contributed by atoms with E-state index in [4.69, 9.17) is 22.1 Å². The fourth-order valence-corrected chi connectivity index (χ4v) is 2.24. The summed E-state index contributed by atoms with van der Waals surface area (Å²) in [5, 5.41) is 14.4. The Morgan fingerprint density at radius 2 is 1.76 bits per heavy atom. The van der Waals surface area contributed by atoms with Gasteiger partial charge in [0.1, 0.15) is 5.75 Å². The Morgan fingerprint density at radius 1 is 1.08 bits per heavy atom. The van der Waals surface area contributed by atoms with Crippen LogP contribution in [0.5, 0.6) is 5.75 Å². The molecule has 0 unspecified atom stereocenters. The van der Waals surface area contributed by atoms with Crippen molar-refractivity contribution >= 4 is 34.9 Å². The smallest absolute Gasteiger partial charge is 0.335 e. The number of amides is 1. The molecule has 0 aromatic heterocycles. The highest BCUT2D eigenvalue weighted by atomic mass is 32.1. The third kappa shape index (κ3) is 5.58. The number of carboxylic acid groups (broad SMARTS) is 1. The lowest BCUT2D eigenvalue weighted by Gasteiger charge is -2.11. The van der Waals surface area contributed by atoms with Gasteiger partial charge >= 0.3 is 5.97 Å². The maximum absolute atomic E-state index is 12.2. The zero-order valence-electron chi connectivity index (χ0n) is 13.8. The van der Waals surface area contributed by atoms with E-state index in [9.17, 15) is 9.59 Å². The average molecular weight is 358 g/mol. The highest BCUT2D eigenvalue weighted by molar-refractivity contribution is 7.80. The summed E-state index contributed by atoms with van der Waals surface area (Å²) >= 11 is 5.09. The lowest BCUT2D eigenvalue weighted by atomic mass is 10.2. The molecule has 0 fully saturated rings. The minimum absolute atomic E-state index is 0.0537. The van der Waals surface area contributed by atoms with E-state index in [1.807, 2.05) is 13.8 Å². The molecule has 0 heterocycles. The van der Waals surface area contributed by atoms with Gasteiger partial charge in [0.15, 0.2) is 5.11 Å². The van der Waals surface area contributed by atoms with Crippen molar-refractivity contribution in [1.29, 1.82) is 0 Å². The van der Waals surface area contributed by atoms with Crippen molar-refractivity contribution in [2.24, 2.45) is 0 Å². The Morgan fingerprint density at radius 3 is 2.36 bits per heavy atom. The third-order valence-electron chi connectivity index (χ3n) is 3.08. The maximum Gasteiger partial charge on any atom is 0.335 e. The van der Waals surface area contributed by atoms with Crippen LogP contribution in [0.1, 0.15) is 34.6 Å². The van der Waals surface area contributed by atoms with E-state index in [1.54, 1.807) is 36.4 Å². The molecule has 0 saturated carbocycles. The van der Waals surface area contributed by atoms with Gasteiger partial charge in [-0.25, -0.2) is 4.79 Å². The van der Waals surface area contributed by atoms with Gasteiger partial charge in [0.2, 0.25) is 0 Å². The second-order valence-corrected chi connectivity index (χ2v) is 5.89. The summed E-state index contributed by atoms with van der Waals surface area (Å²) in [5.74, 6) is -0.733. The van der Waals surface area contributed by atoms with E-state index >= 15 is 0 Å². The van der Waals surface area contributed by atoms with Crippen LogP contribution < -0.4 is 15.4 Å². The normalized spacial score (nSPS) is 10.2. The Kier molecular flexibility index (Phi) is 6.08. The summed E-state index contributed by atoms with van der Waals surface area (Å²) in [6.07, 6.45) is 0.0537. The van der Waals surface area contributed by atoms with Gasteiger partial charge in [-0.15, -0.1) is 0 Å². The fourth-order valence-electron chi connectivity index (χ4n) is 2.02. The van der Waals surface area contributed by atoms with Crippen LogP contribution >= 0.6 is 12.2 Å². The summed E-state index contributed by atoms with van der Waals surface area (Å²) < 4.78 is 5.52. The minimum Gasteiger partial charge on any atom is -0.491 e. The van der Waals surface area contributed by atoms with E-state index < -0.39 is 5.97 Å². The number of carbonyl (C=O) groups is 2. The molecule has 25 heavy (non-hydrogen) atoms. The van der Waals surface area contributed by atoms with Gasteiger partial charge in [-0.1, -0.05) is 6.07 Å². The first-order chi connectivity index (χ1) is 11.8. The molecule has 0 aliphatic carbocycles. The fraction of sp³-hybridized carbons (Fsp3) is 0.167. The molecule has 130 valence electrons. The van der Waals surface area contributed by atoms with Gasteiger partial charge in [-0.3, -0.25) is 10.1 Å². The molecule has 6 nitrogen and oxygen atoms in total. The second kappa shape index (κ2) is 8.25. The molecular formula is C18H18N2O4S. The van der Waals surface area contributed by atoms with Crippen LogP contribution in [-0.2, 0) is 0 Å². The van der Waals surface area contributed by atoms with Gasteiger partial charge in [0.05, 0.1) is 11.7 Å². The van der Waals surface area contributed by atoms with Crippen molar-refractivity contribution in [2.75, 3.05) is 5.32 Å². The van der Waals surface area contributed by atoms with Crippen LogP contribution in [0.3, 0.4) is 0 Å². The zero-order chi connectivity index (χ0) is 18.4. The van der Waals surface area contributed by atoms with Crippen molar-refractivity contribution in [2.45, 2.75) is 20.0 Å². The Bertz CT molecular complexity index is 788. The third-order valence-corrected chi connectivity index (χ3v) is 3.29. The van der Waals surface area contributed by atoms with E-state index in [2.05, 4.69) is 10.6 Å². The molecule has 0 spiro atoms. The van der Waals surface area contributed by atoms with E-state index in [0.29, 0.717) is 17.0 Å². The average Bonchev–Trinajstić information content (AvgIpc) is 2.55. The minimum atomic E-state index is -1.04. The Hall–Kier alpha value is -2.93. The number of hydrogen-bond donors (Lipinski definition) is 3. The lowest BCUT2D eigenvalue weighted by molar-refractivity contribution is 0.0696. The largest absolute Gasteiger partial charge is 0.491 e. The number of hydrogen-bond acceptors (Lipinski definition) is 4. The first kappa shape index (κ1) is 18.4. The molecule has 0 bridgehead atoms. The summed E-state index contributed by atoms with van der Waals surface area (Å²) in [7, 11) is 0. The van der Waals surface area contributed by atoms with E-state index in [-0.39, 0.29) is 22.7 Å². The predicted octanol–water partition coefficient (Wildman–Crippen LogP) is 3.30. The lowest BCUT2D eigenvalue weighted by Crippen LogP contribution is -2.34. The molecular weight excluding hydrogens is 340 g/mol. The number of carbonyl (C=O) groups excluding carboxylic acids is 1. The van der Waals surface area contributed by atoms with Gasteiger partial charge < -0.3 is 15.2 Å². The van der Waals surface area contributed by atoms with E-state index in [1.165, 1.54) is 12.1 Å². The van der Waals surface area contributed by atoms with Crippen molar-refractivity contribution < 1.29 is 19.4 Å². The van der Waals surface area contributed by atoms with Crippen molar-refractivity contribution in [3.8, 4) is 5.75 Å². The molecule has 2 rings (SSSR count). The molecule has 7 heteroatoms. The van der Waals surface area contributed by atoms with Gasteiger partial charge in [0, 0.05) is 11.3 Å². The number of rotatable bonds is 5. The summed E-state index contributed by atoms with van der Waals surface area (Å²) in [5.41, 5.74) is 1.03. The summed E-state index contributed by atoms with van der Waals surface area (Å²) in [4.78, 5) is 23.1. The SMILES string of the molecule is CC(C)Oc1ccc(C(=O)NC(=S)Nc2cccc(C(=O)O)c2)cc1. The molecule has 0 radical (unpaired) electrons. The van der Waals surface area contributed by atoms with Crippen LogP contribution in [0.25, 0.3) is 0 Å². The number of ether oxygens (including phenoxy) is 1. The van der Waals surface area contributed by atoms with Crippen LogP contribution in [-0.4, -0.2) is 28.2 Å². The number of anilines is 1. The van der Waals surface area contributed by atoms with Crippen LogP contribution in [0.2, 0.25) is 0 Å². The standard InChI is InChI=1S/C18H18N2O4S/c1-11(2)24-15-8-6-12(7-9-15)16(21)20-18(25)19-14-5-3-4-13(10-14)17(22)23/h3-11H,1-2H3,(H,22,23)(H2,19,20,21,25). The number of carboxylic acids is 1. The molecule has 0 saturated heterocycles. The second-order valence-electron chi connectivity index (χ2n) is 5.49. The predicted molar refractivity (Wildman–Crippen MR) is 99.3 cm³/mol. The Labute approximate surface area is 150 Å². The zero-order valence-corrected chi connectivity index (χ0v) is 14.6. The number of benzene rings is 2. The molecule has 2 aromatic rings. The first-order valence-corrected chi connectivity index (χ1v) is 7.98. The number of thiocarbonyl (C=S) groups is 1. The molecule has 1 amide bonds. The van der Waals surface area contributed by atoms with Crippen molar-refractivity contribution in [1.82, 2.24) is 5.32 Å². The maximum atomic E-state index is 12.2. The monoisotopic (exact) mass is 358 g/mol. The van der Waals surface area contributed by atoms with Gasteiger partial charge in [-0.2, -0.15) is 0 Å². The topological polar surface area (TPSA) is 87.7 Å². The molecule has 2 aromatic carbocycles. The molecule has 3 N–H and O–H groups in total. The van der Waals surface area contributed by atoms with Crippen LogP contribution in [0.4, 0.5) is 5.69 Å². The molecule has 0 atom stereocenters. The van der Waals surface area contributed by atoms with Crippen molar-refractivity contribution in [3.63, 3.8) is 0 Å². The van der Waals surface area contributed by atoms with Crippen LogP contribution in [0, 0.1) is 0 Å². The van der Waals surface area contributed by atoms with Crippen LogP contribution in [0.15, 0.2) is 48.5 Å². The number of aromatic carboxylic acids is 1. The highest BCUT2D eigenvalue weighted by Gasteiger charge is 2.09. The van der Waals surface area contributed by atoms with E-state index in [0.717, 1.165) is 0 Å². The highest BCUT2D eigenvalue weighted by Crippen LogP contribution is 2.14. The summed E-state index contributed by atoms with van der Waals surface area (Å²) in [6, 6.07) is 12.8. The van der Waals surface area contributed by atoms with Gasteiger partial charge in [-0.05, 0) is 68.5 Å². The Balaban J connectivity index is 1.97.